The molecular formula is C28H30N4O8. The van der Waals surface area contributed by atoms with Crippen molar-refractivity contribution in [3.05, 3.63) is 57.2 Å². The van der Waals surface area contributed by atoms with Crippen molar-refractivity contribution < 1.29 is 28.2 Å². The van der Waals surface area contributed by atoms with Crippen LogP contribution < -0.4 is 36.1 Å². The number of para-hydroxylation sites is 1. The third-order valence-corrected chi connectivity index (χ3v) is 7.01. The molecule has 0 bridgehead atoms. The molecule has 1 saturated carbocycles. The van der Waals surface area contributed by atoms with Crippen LogP contribution in [0, 0.1) is 0 Å². The zero-order chi connectivity index (χ0) is 28.4. The van der Waals surface area contributed by atoms with Crippen LogP contribution in [0.25, 0.3) is 22.1 Å². The molecule has 4 aromatic rings. The number of carbonyl (C=O) groups excluding carboxylic acids is 2. The SMILES string of the molecule is COc1cc(NC(=O)Cn2c(=O)n(CC(=O)NC3CCCC3)c(=O)c3oc4ccccc4c32)cc(OC)c1OC. The van der Waals surface area contributed by atoms with E-state index in [1.165, 1.54) is 21.3 Å². The first-order valence-electron chi connectivity index (χ1n) is 12.9. The number of benzene rings is 2. The molecule has 1 aliphatic carbocycles. The van der Waals surface area contributed by atoms with Crippen molar-refractivity contribution in [1.29, 1.82) is 0 Å². The number of anilines is 1. The van der Waals surface area contributed by atoms with E-state index in [1.807, 2.05) is 0 Å². The lowest BCUT2D eigenvalue weighted by molar-refractivity contribution is -0.122. The molecule has 2 amide bonds. The summed E-state index contributed by atoms with van der Waals surface area (Å²) in [6.45, 7) is -0.949. The van der Waals surface area contributed by atoms with Crippen LogP contribution in [0.5, 0.6) is 17.2 Å². The Morgan fingerprint density at radius 3 is 2.23 bits per heavy atom. The van der Waals surface area contributed by atoms with E-state index >= 15 is 0 Å². The summed E-state index contributed by atoms with van der Waals surface area (Å²) in [6, 6.07) is 9.96. The fourth-order valence-corrected chi connectivity index (χ4v) is 5.17. The van der Waals surface area contributed by atoms with Gasteiger partial charge in [-0.3, -0.25) is 19.0 Å². The Bertz CT molecular complexity index is 1690. The Labute approximate surface area is 228 Å². The highest BCUT2D eigenvalue weighted by atomic mass is 16.5. The molecule has 0 atom stereocenters. The molecule has 2 heterocycles. The van der Waals surface area contributed by atoms with Crippen LogP contribution in [0.15, 0.2) is 50.4 Å². The summed E-state index contributed by atoms with van der Waals surface area (Å²) < 4.78 is 23.8. The lowest BCUT2D eigenvalue weighted by Crippen LogP contribution is -2.46. The standard InChI is InChI=1S/C28H30N4O8/c1-37-20-12-17(13-21(38-2)25(20)39-3)30-22(33)14-31-24-18-10-6-7-11-19(18)40-26(24)27(35)32(28(31)36)15-23(34)29-16-8-4-5-9-16/h6-7,10-13,16H,4-5,8-9,14-15H2,1-3H3,(H,29,34)(H,30,33). The van der Waals surface area contributed by atoms with E-state index in [9.17, 15) is 19.2 Å². The van der Waals surface area contributed by atoms with E-state index in [1.54, 1.807) is 36.4 Å². The molecule has 12 nitrogen and oxygen atoms in total. The van der Waals surface area contributed by atoms with Gasteiger partial charge in [0.2, 0.25) is 23.1 Å². The number of nitrogens with one attached hydrogen (secondary N) is 2. The number of hydrogen-bond acceptors (Lipinski definition) is 8. The third kappa shape index (κ3) is 4.99. The second-order valence-corrected chi connectivity index (χ2v) is 9.55. The summed E-state index contributed by atoms with van der Waals surface area (Å²) in [5.74, 6) is 0.00557. The van der Waals surface area contributed by atoms with Gasteiger partial charge in [0.25, 0.3) is 5.56 Å². The fraction of sp³-hybridized carbons (Fsp3) is 0.357. The molecule has 0 saturated heterocycles. The summed E-state index contributed by atoms with van der Waals surface area (Å²) >= 11 is 0. The maximum absolute atomic E-state index is 13.7. The maximum Gasteiger partial charge on any atom is 0.332 e. The highest BCUT2D eigenvalue weighted by Gasteiger charge is 2.24. The van der Waals surface area contributed by atoms with Crippen molar-refractivity contribution >= 4 is 39.6 Å². The molecule has 2 aromatic heterocycles. The van der Waals surface area contributed by atoms with Crippen molar-refractivity contribution in [2.24, 2.45) is 0 Å². The first kappa shape index (κ1) is 26.9. The van der Waals surface area contributed by atoms with Gasteiger partial charge in [-0.1, -0.05) is 25.0 Å². The van der Waals surface area contributed by atoms with E-state index in [0.717, 1.165) is 34.8 Å². The molecule has 1 aliphatic rings. The molecule has 2 aromatic carbocycles. The third-order valence-electron chi connectivity index (χ3n) is 7.01. The molecule has 2 N–H and O–H groups in total. The van der Waals surface area contributed by atoms with Gasteiger partial charge in [0.15, 0.2) is 11.5 Å². The van der Waals surface area contributed by atoms with Crippen LogP contribution in [0.1, 0.15) is 25.7 Å². The predicted molar refractivity (Wildman–Crippen MR) is 147 cm³/mol. The van der Waals surface area contributed by atoms with Crippen LogP contribution in [-0.2, 0) is 22.7 Å². The number of furan rings is 1. The number of nitrogens with zero attached hydrogens (tertiary/aromatic N) is 2. The highest BCUT2D eigenvalue weighted by Crippen LogP contribution is 2.40. The molecule has 40 heavy (non-hydrogen) atoms. The summed E-state index contributed by atoms with van der Waals surface area (Å²) in [6.07, 6.45) is 3.75. The first-order chi connectivity index (χ1) is 19.3. The maximum atomic E-state index is 13.7. The second kappa shape index (κ2) is 11.2. The minimum Gasteiger partial charge on any atom is -0.493 e. The quantitative estimate of drug-likeness (QED) is 0.324. The average Bonchev–Trinajstić information content (AvgIpc) is 3.60. The zero-order valence-electron chi connectivity index (χ0n) is 22.4. The molecule has 0 unspecified atom stereocenters. The van der Waals surface area contributed by atoms with E-state index < -0.39 is 36.2 Å². The van der Waals surface area contributed by atoms with Gasteiger partial charge in [0, 0.05) is 29.2 Å². The van der Waals surface area contributed by atoms with Crippen LogP contribution in [-0.4, -0.2) is 48.3 Å². The number of carbonyl (C=O) groups is 2. The lowest BCUT2D eigenvalue weighted by atomic mass is 10.2. The monoisotopic (exact) mass is 550 g/mol. The van der Waals surface area contributed by atoms with E-state index in [2.05, 4.69) is 10.6 Å². The Morgan fingerprint density at radius 1 is 0.925 bits per heavy atom. The van der Waals surface area contributed by atoms with Gasteiger partial charge in [-0.25, -0.2) is 9.36 Å². The summed E-state index contributed by atoms with van der Waals surface area (Å²) in [5, 5.41) is 6.12. The molecule has 210 valence electrons. The Morgan fingerprint density at radius 2 is 1.57 bits per heavy atom. The van der Waals surface area contributed by atoms with Crippen molar-refractivity contribution in [2.45, 2.75) is 44.8 Å². The van der Waals surface area contributed by atoms with Gasteiger partial charge < -0.3 is 29.3 Å². The number of ether oxygens (including phenoxy) is 3. The second-order valence-electron chi connectivity index (χ2n) is 9.55. The average molecular weight is 551 g/mol. The largest absolute Gasteiger partial charge is 0.493 e. The number of rotatable bonds is 9. The first-order valence-corrected chi connectivity index (χ1v) is 12.9. The number of amides is 2. The van der Waals surface area contributed by atoms with Gasteiger partial charge in [0.1, 0.15) is 24.2 Å². The smallest absolute Gasteiger partial charge is 0.332 e. The minimum atomic E-state index is -0.800. The van der Waals surface area contributed by atoms with E-state index in [-0.39, 0.29) is 17.1 Å². The predicted octanol–water partition coefficient (Wildman–Crippen LogP) is 2.63. The van der Waals surface area contributed by atoms with Crippen LogP contribution in [0.4, 0.5) is 5.69 Å². The number of methoxy groups -OCH3 is 3. The molecule has 0 aliphatic heterocycles. The normalized spacial score (nSPS) is 13.5. The van der Waals surface area contributed by atoms with Crippen LogP contribution in [0.2, 0.25) is 0 Å². The van der Waals surface area contributed by atoms with Crippen molar-refractivity contribution in [3.8, 4) is 17.2 Å². The van der Waals surface area contributed by atoms with Crippen molar-refractivity contribution in [1.82, 2.24) is 14.5 Å². The molecule has 0 spiro atoms. The molecular weight excluding hydrogens is 520 g/mol. The zero-order valence-corrected chi connectivity index (χ0v) is 22.4. The molecule has 12 heteroatoms. The Kier molecular flexibility index (Phi) is 7.50. The van der Waals surface area contributed by atoms with E-state index in [4.69, 9.17) is 18.6 Å². The molecule has 0 radical (unpaired) electrons. The number of aromatic nitrogens is 2. The van der Waals surface area contributed by atoms with Gasteiger partial charge in [-0.05, 0) is 25.0 Å². The molecule has 1 fully saturated rings. The minimum absolute atomic E-state index is 0.0182. The fourth-order valence-electron chi connectivity index (χ4n) is 5.17. The van der Waals surface area contributed by atoms with Crippen molar-refractivity contribution in [2.75, 3.05) is 26.6 Å². The summed E-state index contributed by atoms with van der Waals surface area (Å²) in [5.41, 5.74) is -0.760. The van der Waals surface area contributed by atoms with E-state index in [0.29, 0.717) is 33.9 Å². The lowest BCUT2D eigenvalue weighted by Gasteiger charge is -2.16. The van der Waals surface area contributed by atoms with Crippen LogP contribution in [0.3, 0.4) is 0 Å². The molecule has 5 rings (SSSR count). The van der Waals surface area contributed by atoms with Crippen molar-refractivity contribution in [3.63, 3.8) is 0 Å². The topological polar surface area (TPSA) is 143 Å². The Hall–Kier alpha value is -4.74. The van der Waals surface area contributed by atoms with Gasteiger partial charge in [-0.2, -0.15) is 0 Å². The summed E-state index contributed by atoms with van der Waals surface area (Å²) in [4.78, 5) is 53.0. The van der Waals surface area contributed by atoms with Gasteiger partial charge in [0.05, 0.1) is 21.3 Å². The Balaban J connectivity index is 1.54. The summed E-state index contributed by atoms with van der Waals surface area (Å²) in [7, 11) is 4.37. The van der Waals surface area contributed by atoms with Gasteiger partial charge in [-0.15, -0.1) is 0 Å². The number of hydrogen-bond donors (Lipinski definition) is 2. The van der Waals surface area contributed by atoms with Crippen LogP contribution >= 0.6 is 0 Å². The number of fused-ring (bicyclic) bond motifs is 3. The highest BCUT2D eigenvalue weighted by molar-refractivity contribution is 6.03. The van der Waals surface area contributed by atoms with Gasteiger partial charge >= 0.3 is 5.69 Å².